The summed E-state index contributed by atoms with van der Waals surface area (Å²) in [5.74, 6) is -2.90. The fourth-order valence-electron chi connectivity index (χ4n) is 5.11. The Morgan fingerprint density at radius 1 is 1.13 bits per heavy atom. The number of carboxylic acids is 1. The highest BCUT2D eigenvalue weighted by atomic mass is 16.5. The van der Waals surface area contributed by atoms with Gasteiger partial charge in [-0.1, -0.05) is 27.7 Å². The lowest BCUT2D eigenvalue weighted by molar-refractivity contribution is -0.140. The molecular weight excluding hydrogens is 594 g/mol. The summed E-state index contributed by atoms with van der Waals surface area (Å²) >= 11 is 0. The Morgan fingerprint density at radius 2 is 1.84 bits per heavy atom. The Balaban J connectivity index is 1.69. The first-order valence-electron chi connectivity index (χ1n) is 14.8. The van der Waals surface area contributed by atoms with Gasteiger partial charge in [0.05, 0.1) is 12.1 Å². The molecule has 1 aromatic heterocycles. The zero-order valence-corrected chi connectivity index (χ0v) is 25.6. The van der Waals surface area contributed by atoms with Gasteiger partial charge in [0.25, 0.3) is 5.56 Å². The molecule has 1 fully saturated rings. The number of carbonyl (C=O) groups is 4. The predicted octanol–water partition coefficient (Wildman–Crippen LogP) is -2.71. The number of aromatic nitrogens is 2. The van der Waals surface area contributed by atoms with Gasteiger partial charge in [0.2, 0.25) is 11.8 Å². The van der Waals surface area contributed by atoms with Gasteiger partial charge in [0, 0.05) is 31.8 Å². The number of carbonyl (C=O) groups excluding carboxylic acids is 3. The number of aliphatic hydroxyl groups excluding tert-OH is 1. The number of aliphatic imine (C=N–C) groups is 1. The number of aliphatic hydroxyl groups is 1. The average Bonchev–Trinajstić information content (AvgIpc) is 3.32. The van der Waals surface area contributed by atoms with Crippen molar-refractivity contribution in [3.8, 4) is 0 Å². The summed E-state index contributed by atoms with van der Waals surface area (Å²) < 4.78 is 6.82. The van der Waals surface area contributed by atoms with Crippen molar-refractivity contribution in [2.75, 3.05) is 13.1 Å². The highest BCUT2D eigenvalue weighted by molar-refractivity contribution is 5.93. The van der Waals surface area contributed by atoms with Gasteiger partial charge in [-0.15, -0.1) is 0 Å². The number of nitrogens with one attached hydrogen (secondary N) is 6. The van der Waals surface area contributed by atoms with Crippen molar-refractivity contribution in [1.82, 2.24) is 36.1 Å². The van der Waals surface area contributed by atoms with Crippen molar-refractivity contribution >= 4 is 29.8 Å². The second kappa shape index (κ2) is 15.5. The second-order valence-corrected chi connectivity index (χ2v) is 11.9. The first kappa shape index (κ1) is 35.0. The number of hydrogen-bond acceptors (Lipinski definition) is 11. The Bertz CT molecular complexity index is 1380. The summed E-state index contributed by atoms with van der Waals surface area (Å²) in [6.45, 7) is 7.18. The van der Waals surface area contributed by atoms with Crippen LogP contribution in [0.15, 0.2) is 26.8 Å². The molecule has 3 rings (SSSR count). The van der Waals surface area contributed by atoms with Crippen molar-refractivity contribution in [1.29, 1.82) is 0 Å². The molecule has 0 saturated carbocycles. The molecule has 18 nitrogen and oxygen atoms in total. The number of H-pyrrole nitrogens is 1. The summed E-state index contributed by atoms with van der Waals surface area (Å²) in [5, 5.41) is 33.1. The van der Waals surface area contributed by atoms with E-state index in [4.69, 9.17) is 10.5 Å². The van der Waals surface area contributed by atoms with Crippen molar-refractivity contribution < 1.29 is 34.1 Å². The number of guanidine groups is 1. The van der Waals surface area contributed by atoms with Crippen molar-refractivity contribution in [3.05, 3.63) is 33.1 Å². The van der Waals surface area contributed by atoms with Crippen LogP contribution in [0.1, 0.15) is 53.2 Å². The summed E-state index contributed by atoms with van der Waals surface area (Å²) in [7, 11) is 0. The zero-order valence-electron chi connectivity index (χ0n) is 25.6. The van der Waals surface area contributed by atoms with Gasteiger partial charge >= 0.3 is 17.7 Å². The highest BCUT2D eigenvalue weighted by Crippen LogP contribution is 2.27. The molecule has 0 bridgehead atoms. The molecule has 1 aromatic rings. The molecule has 10 N–H and O–H groups in total. The van der Waals surface area contributed by atoms with Crippen LogP contribution in [0.4, 0.5) is 4.79 Å². The third-order valence-corrected chi connectivity index (χ3v) is 7.38. The number of nitrogens with two attached hydrogens (primary N) is 1. The van der Waals surface area contributed by atoms with Gasteiger partial charge in [-0.25, -0.2) is 14.4 Å². The topological polar surface area (TPSA) is 271 Å². The number of aromatic amines is 1. The second-order valence-electron chi connectivity index (χ2n) is 11.9. The normalized spacial score (nSPS) is 23.3. The van der Waals surface area contributed by atoms with E-state index in [1.165, 1.54) is 6.20 Å². The van der Waals surface area contributed by atoms with E-state index in [-0.39, 0.29) is 37.8 Å². The third kappa shape index (κ3) is 9.77. The summed E-state index contributed by atoms with van der Waals surface area (Å²) in [4.78, 5) is 81.0. The fourth-order valence-corrected chi connectivity index (χ4v) is 5.11. The van der Waals surface area contributed by atoms with E-state index in [1.807, 2.05) is 13.8 Å². The minimum atomic E-state index is -1.26. The van der Waals surface area contributed by atoms with Crippen LogP contribution in [0.5, 0.6) is 0 Å². The number of urea groups is 1. The summed E-state index contributed by atoms with van der Waals surface area (Å²) in [6, 6.07) is -3.98. The van der Waals surface area contributed by atoms with Gasteiger partial charge in [-0.05, 0) is 24.7 Å². The van der Waals surface area contributed by atoms with Crippen LogP contribution in [0.25, 0.3) is 0 Å². The van der Waals surface area contributed by atoms with E-state index in [1.54, 1.807) is 13.8 Å². The quantitative estimate of drug-likeness (QED) is 0.107. The van der Waals surface area contributed by atoms with Crippen molar-refractivity contribution in [3.63, 3.8) is 0 Å². The Labute approximate surface area is 258 Å². The molecule has 45 heavy (non-hydrogen) atoms. The lowest BCUT2D eigenvalue weighted by atomic mass is 9.99. The number of rotatable bonds is 13. The van der Waals surface area contributed by atoms with Crippen LogP contribution < -0.4 is 43.6 Å². The molecule has 2 aliphatic rings. The van der Waals surface area contributed by atoms with Crippen LogP contribution >= 0.6 is 0 Å². The molecule has 0 radical (unpaired) electrons. The van der Waals surface area contributed by atoms with Crippen molar-refractivity contribution in [2.24, 2.45) is 22.6 Å². The van der Waals surface area contributed by atoms with Crippen LogP contribution in [0.3, 0.4) is 0 Å². The van der Waals surface area contributed by atoms with E-state index < -0.39 is 83.6 Å². The minimum absolute atomic E-state index is 0.0326. The average molecular weight is 638 g/mol. The molecule has 0 aliphatic carbocycles. The molecule has 7 atom stereocenters. The van der Waals surface area contributed by atoms with Crippen LogP contribution in [0, 0.1) is 11.8 Å². The third-order valence-electron chi connectivity index (χ3n) is 7.38. The van der Waals surface area contributed by atoms with E-state index in [0.717, 1.165) is 10.6 Å². The largest absolute Gasteiger partial charge is 0.480 e. The molecule has 250 valence electrons. The number of amides is 4. The SMILES string of the molecule is CC(C)C[C@H](NC(=O)[C@@H](NC(=O)N[C@H](C(=O)O)C(C)C)C1CCN=C(N)N1)C(=O)NC[C@H]1C[C@@H](O)[C@H](n2ccc(=O)[nH]c2=O)O1. The molecule has 4 amide bonds. The maximum atomic E-state index is 13.6. The molecule has 3 heterocycles. The Morgan fingerprint density at radius 3 is 2.44 bits per heavy atom. The number of ether oxygens (including phenoxy) is 1. The fraction of sp³-hybridized carbons (Fsp3) is 0.667. The summed E-state index contributed by atoms with van der Waals surface area (Å²) in [6.07, 6.45) is -1.00. The van der Waals surface area contributed by atoms with Gasteiger partial charge in [0.15, 0.2) is 12.2 Å². The molecule has 1 saturated heterocycles. The number of aliphatic carboxylic acids is 1. The van der Waals surface area contributed by atoms with Crippen LogP contribution in [-0.2, 0) is 19.1 Å². The molecule has 18 heteroatoms. The zero-order chi connectivity index (χ0) is 33.4. The maximum Gasteiger partial charge on any atom is 0.330 e. The molecule has 1 unspecified atom stereocenters. The lowest BCUT2D eigenvalue weighted by Crippen LogP contribution is -2.64. The smallest absolute Gasteiger partial charge is 0.330 e. The monoisotopic (exact) mass is 637 g/mol. The summed E-state index contributed by atoms with van der Waals surface area (Å²) in [5.41, 5.74) is 4.46. The van der Waals surface area contributed by atoms with Gasteiger partial charge in [-0.2, -0.15) is 0 Å². The lowest BCUT2D eigenvalue weighted by Gasteiger charge is -2.32. The molecule has 2 aliphatic heterocycles. The van der Waals surface area contributed by atoms with E-state index in [0.29, 0.717) is 6.42 Å². The number of carboxylic acid groups (broad SMARTS) is 1. The molecule has 0 spiro atoms. The van der Waals surface area contributed by atoms with Crippen LogP contribution in [0.2, 0.25) is 0 Å². The number of hydrogen-bond donors (Lipinski definition) is 9. The Hall–Kier alpha value is -4.45. The molecule has 0 aromatic carbocycles. The van der Waals surface area contributed by atoms with E-state index in [2.05, 4.69) is 36.6 Å². The number of nitrogens with zero attached hydrogens (tertiary/aromatic N) is 2. The van der Waals surface area contributed by atoms with E-state index >= 15 is 0 Å². The maximum absolute atomic E-state index is 13.6. The molecular formula is C27H43N9O9. The first-order chi connectivity index (χ1) is 21.2. The first-order valence-corrected chi connectivity index (χ1v) is 14.8. The highest BCUT2D eigenvalue weighted by Gasteiger charge is 2.38. The minimum Gasteiger partial charge on any atom is -0.480 e. The van der Waals surface area contributed by atoms with Gasteiger partial charge in [-0.3, -0.25) is 28.9 Å². The van der Waals surface area contributed by atoms with Crippen LogP contribution in [-0.4, -0.2) is 99.0 Å². The Kier molecular flexibility index (Phi) is 12.1. The van der Waals surface area contributed by atoms with E-state index in [9.17, 15) is 39.0 Å². The van der Waals surface area contributed by atoms with Gasteiger partial charge < -0.3 is 47.3 Å². The van der Waals surface area contributed by atoms with Crippen molar-refractivity contribution in [2.45, 2.75) is 89.6 Å². The predicted molar refractivity (Wildman–Crippen MR) is 160 cm³/mol. The standard InChI is InChI=1S/C27H43N9O9/c1-12(2)9-16(21(39)30-11-14-10-17(37)23(45-14)36-8-6-18(38)33-27(36)44)31-22(40)20(15-5-7-29-25(28)32-15)35-26(43)34-19(13(3)4)24(41)42/h6,8,12-17,19-20,23,37H,5,7,9-11H2,1-4H3,(H,30,39)(H,31,40)(H,41,42)(H3,28,29,32)(H,33,38,44)(H2,34,35,43)/t14-,15?,16+,17-,19+,20+,23-/m1/s1. The van der Waals surface area contributed by atoms with Gasteiger partial charge in [0.1, 0.15) is 24.2 Å².